The van der Waals surface area contributed by atoms with E-state index >= 15 is 0 Å². The normalized spacial score (nSPS) is 16.3. The second kappa shape index (κ2) is 9.51. The van der Waals surface area contributed by atoms with Gasteiger partial charge in [0.25, 0.3) is 5.91 Å². The molecule has 1 saturated heterocycles. The van der Waals surface area contributed by atoms with Gasteiger partial charge in [0.15, 0.2) is 0 Å². The van der Waals surface area contributed by atoms with Crippen LogP contribution in [0.25, 0.3) is 0 Å². The second-order valence-electron chi connectivity index (χ2n) is 6.50. The van der Waals surface area contributed by atoms with Gasteiger partial charge in [0, 0.05) is 25.7 Å². The number of sulfonamides is 2. The van der Waals surface area contributed by atoms with Crippen LogP contribution in [0.15, 0.2) is 23.1 Å². The number of hydrogen-bond donors (Lipinski definition) is 2. The highest BCUT2D eigenvalue weighted by Gasteiger charge is 2.24. The molecule has 12 heteroatoms. The van der Waals surface area contributed by atoms with Crippen LogP contribution in [0.4, 0.5) is 0 Å². The van der Waals surface area contributed by atoms with E-state index in [0.717, 1.165) is 0 Å². The van der Waals surface area contributed by atoms with Gasteiger partial charge in [0.05, 0.1) is 34.4 Å². The molecule has 1 amide bonds. The van der Waals surface area contributed by atoms with Gasteiger partial charge in [-0.1, -0.05) is 11.6 Å². The topological polar surface area (TPSA) is 122 Å². The van der Waals surface area contributed by atoms with Crippen LogP contribution in [-0.2, 0) is 24.8 Å². The van der Waals surface area contributed by atoms with Crippen molar-refractivity contribution in [3.63, 3.8) is 0 Å². The van der Waals surface area contributed by atoms with Crippen molar-refractivity contribution in [1.29, 1.82) is 0 Å². The monoisotopic (exact) mass is 453 g/mol. The Balaban J connectivity index is 2.05. The Labute approximate surface area is 170 Å². The summed E-state index contributed by atoms with van der Waals surface area (Å²) >= 11 is 6.02. The summed E-state index contributed by atoms with van der Waals surface area (Å²) in [6, 6.07) is 3.46. The Morgan fingerprint density at radius 3 is 2.46 bits per heavy atom. The van der Waals surface area contributed by atoms with Gasteiger partial charge < -0.3 is 10.1 Å². The zero-order valence-electron chi connectivity index (χ0n) is 15.6. The molecule has 28 heavy (non-hydrogen) atoms. The van der Waals surface area contributed by atoms with Gasteiger partial charge in [-0.3, -0.25) is 4.79 Å². The fraction of sp³-hybridized carbons (Fsp3) is 0.562. The van der Waals surface area contributed by atoms with E-state index in [-0.39, 0.29) is 46.9 Å². The van der Waals surface area contributed by atoms with Crippen molar-refractivity contribution in [2.45, 2.75) is 24.8 Å². The number of hydrogen-bond acceptors (Lipinski definition) is 6. The minimum atomic E-state index is -3.79. The Morgan fingerprint density at radius 1 is 1.21 bits per heavy atom. The van der Waals surface area contributed by atoms with Gasteiger partial charge in [-0.2, -0.15) is 4.31 Å². The first-order valence-electron chi connectivity index (χ1n) is 8.68. The maximum Gasteiger partial charge on any atom is 0.252 e. The molecule has 1 heterocycles. The van der Waals surface area contributed by atoms with Crippen LogP contribution in [0.3, 0.4) is 0 Å². The molecule has 0 radical (unpaired) electrons. The van der Waals surface area contributed by atoms with Crippen molar-refractivity contribution in [2.24, 2.45) is 0 Å². The number of nitrogens with zero attached hydrogens (tertiary/aromatic N) is 1. The fourth-order valence-electron chi connectivity index (χ4n) is 2.57. The lowest BCUT2D eigenvalue weighted by molar-refractivity contribution is 0.0730. The van der Waals surface area contributed by atoms with Crippen molar-refractivity contribution in [2.75, 3.05) is 38.6 Å². The summed E-state index contributed by atoms with van der Waals surface area (Å²) in [6.07, 6.45) is 0. The minimum absolute atomic E-state index is 0.0444. The summed E-state index contributed by atoms with van der Waals surface area (Å²) in [6.45, 7) is 4.47. The molecule has 1 aromatic carbocycles. The molecule has 2 N–H and O–H groups in total. The molecule has 9 nitrogen and oxygen atoms in total. The predicted molar refractivity (Wildman–Crippen MR) is 105 cm³/mol. The van der Waals surface area contributed by atoms with E-state index in [0.29, 0.717) is 13.2 Å². The number of rotatable bonds is 8. The number of ether oxygens (including phenoxy) is 1. The summed E-state index contributed by atoms with van der Waals surface area (Å²) < 4.78 is 57.9. The molecule has 0 bridgehead atoms. The molecule has 0 aliphatic carbocycles. The molecule has 0 atom stereocenters. The Bertz CT molecular complexity index is 912. The van der Waals surface area contributed by atoms with Crippen LogP contribution in [0, 0.1) is 0 Å². The van der Waals surface area contributed by atoms with Gasteiger partial charge in [0.1, 0.15) is 0 Å². The second-order valence-corrected chi connectivity index (χ2v) is 10.7. The van der Waals surface area contributed by atoms with Gasteiger partial charge in [-0.15, -0.1) is 0 Å². The van der Waals surface area contributed by atoms with Crippen molar-refractivity contribution in [3.8, 4) is 0 Å². The fourth-order valence-corrected chi connectivity index (χ4v) is 5.37. The molecule has 1 aromatic rings. The number of carbonyl (C=O) groups excluding carboxylic acids is 1. The van der Waals surface area contributed by atoms with E-state index in [2.05, 4.69) is 10.0 Å². The smallest absolute Gasteiger partial charge is 0.252 e. The van der Waals surface area contributed by atoms with Crippen molar-refractivity contribution >= 4 is 37.6 Å². The molecule has 1 aliphatic heterocycles. The predicted octanol–water partition coefficient (Wildman–Crippen LogP) is 0.419. The highest BCUT2D eigenvalue weighted by atomic mass is 35.5. The first-order chi connectivity index (χ1) is 13.0. The maximum atomic E-state index is 12.4. The number of nitrogens with one attached hydrogen (secondary N) is 2. The SMILES string of the molecule is CC(C)NS(=O)(=O)c1ccc(Cl)c(C(=O)NCCS(=O)(=O)N2CCOCC2)c1. The molecular weight excluding hydrogens is 430 g/mol. The number of morpholine rings is 1. The third kappa shape index (κ3) is 6.13. The standard InChI is InChI=1S/C16H24ClN3O6S2/c1-12(2)19-28(24,25)13-3-4-15(17)14(11-13)16(21)18-5-10-27(22,23)20-6-8-26-9-7-20/h3-4,11-12,19H,5-10H2,1-2H3,(H,18,21). The summed E-state index contributed by atoms with van der Waals surface area (Å²) in [5.74, 6) is -0.924. The van der Waals surface area contributed by atoms with Gasteiger partial charge in [-0.25, -0.2) is 21.6 Å². The number of amides is 1. The van der Waals surface area contributed by atoms with Crippen LogP contribution < -0.4 is 10.0 Å². The summed E-state index contributed by atoms with van der Waals surface area (Å²) in [5, 5.41) is 2.55. The minimum Gasteiger partial charge on any atom is -0.379 e. The molecule has 0 saturated carbocycles. The molecule has 1 fully saturated rings. The molecular formula is C16H24ClN3O6S2. The van der Waals surface area contributed by atoms with E-state index in [1.165, 1.54) is 22.5 Å². The van der Waals surface area contributed by atoms with E-state index in [4.69, 9.17) is 16.3 Å². The largest absolute Gasteiger partial charge is 0.379 e. The van der Waals surface area contributed by atoms with Crippen LogP contribution in [-0.4, -0.2) is 71.7 Å². The summed E-state index contributed by atoms with van der Waals surface area (Å²) in [4.78, 5) is 12.3. The lowest BCUT2D eigenvalue weighted by atomic mass is 10.2. The lowest BCUT2D eigenvalue weighted by Crippen LogP contribution is -2.43. The quantitative estimate of drug-likeness (QED) is 0.588. The van der Waals surface area contributed by atoms with E-state index in [1.54, 1.807) is 13.8 Å². The van der Waals surface area contributed by atoms with E-state index in [1.807, 2.05) is 0 Å². The molecule has 158 valence electrons. The number of halogens is 1. The van der Waals surface area contributed by atoms with Gasteiger partial charge >= 0.3 is 0 Å². The van der Waals surface area contributed by atoms with Crippen molar-refractivity contribution < 1.29 is 26.4 Å². The average Bonchev–Trinajstić information content (AvgIpc) is 2.61. The first kappa shape index (κ1) is 23.0. The molecule has 0 spiro atoms. The third-order valence-corrected chi connectivity index (χ3v) is 7.75. The Kier molecular flexibility index (Phi) is 7.82. The summed E-state index contributed by atoms with van der Waals surface area (Å²) in [5.41, 5.74) is -0.0444. The summed E-state index contributed by atoms with van der Waals surface area (Å²) in [7, 11) is -7.31. The van der Waals surface area contributed by atoms with Crippen molar-refractivity contribution in [1.82, 2.24) is 14.3 Å². The Hall–Kier alpha value is -1.24. The zero-order valence-corrected chi connectivity index (χ0v) is 18.0. The Morgan fingerprint density at radius 2 is 1.86 bits per heavy atom. The average molecular weight is 454 g/mol. The highest BCUT2D eigenvalue weighted by Crippen LogP contribution is 2.20. The molecule has 2 rings (SSSR count). The third-order valence-electron chi connectivity index (χ3n) is 3.89. The number of carbonyl (C=O) groups is 1. The number of benzene rings is 1. The first-order valence-corrected chi connectivity index (χ1v) is 12.2. The van der Waals surface area contributed by atoms with Crippen LogP contribution >= 0.6 is 11.6 Å². The van der Waals surface area contributed by atoms with E-state index < -0.39 is 26.0 Å². The lowest BCUT2D eigenvalue weighted by Gasteiger charge is -2.26. The molecule has 0 unspecified atom stereocenters. The highest BCUT2D eigenvalue weighted by molar-refractivity contribution is 7.89. The van der Waals surface area contributed by atoms with Crippen molar-refractivity contribution in [3.05, 3.63) is 28.8 Å². The van der Waals surface area contributed by atoms with E-state index in [9.17, 15) is 21.6 Å². The molecule has 1 aliphatic rings. The van der Waals surface area contributed by atoms with Crippen LogP contribution in [0.2, 0.25) is 5.02 Å². The van der Waals surface area contributed by atoms with Gasteiger partial charge in [-0.05, 0) is 32.0 Å². The van der Waals surface area contributed by atoms with Crippen LogP contribution in [0.1, 0.15) is 24.2 Å². The van der Waals surface area contributed by atoms with Gasteiger partial charge in [0.2, 0.25) is 20.0 Å². The van der Waals surface area contributed by atoms with Crippen LogP contribution in [0.5, 0.6) is 0 Å². The molecule has 0 aromatic heterocycles. The maximum absolute atomic E-state index is 12.4. The zero-order chi connectivity index (χ0) is 20.9.